The van der Waals surface area contributed by atoms with E-state index in [2.05, 4.69) is 15.5 Å². The molecule has 0 aliphatic carbocycles. The zero-order valence-electron chi connectivity index (χ0n) is 14.7. The van der Waals surface area contributed by atoms with Crippen LogP contribution in [0, 0.1) is 12.8 Å². The Morgan fingerprint density at radius 1 is 1.37 bits per heavy atom. The number of rotatable bonds is 5. The minimum atomic E-state index is -0.353. The van der Waals surface area contributed by atoms with Crippen LogP contribution in [0.1, 0.15) is 17.2 Å². The average Bonchev–Trinajstić information content (AvgIpc) is 3.41. The first kappa shape index (κ1) is 17.4. The van der Waals surface area contributed by atoms with Crippen molar-refractivity contribution in [1.29, 1.82) is 0 Å². The van der Waals surface area contributed by atoms with Gasteiger partial charge in [0.25, 0.3) is 0 Å². The number of carbonyl (C=O) groups excluding carboxylic acids is 2. The number of amides is 2. The summed E-state index contributed by atoms with van der Waals surface area (Å²) in [5.74, 6) is 0.451. The van der Waals surface area contributed by atoms with Crippen LogP contribution in [-0.4, -0.2) is 28.5 Å². The van der Waals surface area contributed by atoms with Crippen molar-refractivity contribution >= 4 is 28.8 Å². The summed E-state index contributed by atoms with van der Waals surface area (Å²) in [4.78, 5) is 31.9. The van der Waals surface area contributed by atoms with E-state index in [1.807, 2.05) is 41.8 Å². The SMILES string of the molecule is Cc1nc(-c2cccc(N3C[C@@H](C(=O)NCc4cccs4)CC3=O)c2)no1. The van der Waals surface area contributed by atoms with E-state index in [1.165, 1.54) is 0 Å². The normalized spacial score (nSPS) is 16.7. The number of hydrogen-bond acceptors (Lipinski definition) is 6. The van der Waals surface area contributed by atoms with Crippen molar-refractivity contribution in [3.05, 3.63) is 52.5 Å². The zero-order chi connectivity index (χ0) is 18.8. The van der Waals surface area contributed by atoms with Crippen molar-refractivity contribution in [2.24, 2.45) is 5.92 Å². The molecule has 8 heteroatoms. The smallest absolute Gasteiger partial charge is 0.227 e. The highest BCUT2D eigenvalue weighted by Crippen LogP contribution is 2.28. The van der Waals surface area contributed by atoms with Gasteiger partial charge in [-0.2, -0.15) is 4.98 Å². The van der Waals surface area contributed by atoms with Crippen LogP contribution >= 0.6 is 11.3 Å². The van der Waals surface area contributed by atoms with Crippen LogP contribution in [0.2, 0.25) is 0 Å². The highest BCUT2D eigenvalue weighted by Gasteiger charge is 2.35. The molecule has 0 bridgehead atoms. The molecular weight excluding hydrogens is 364 g/mol. The number of nitrogens with zero attached hydrogens (tertiary/aromatic N) is 3. The van der Waals surface area contributed by atoms with Gasteiger partial charge in [-0.3, -0.25) is 9.59 Å². The van der Waals surface area contributed by atoms with Gasteiger partial charge in [-0.05, 0) is 23.6 Å². The van der Waals surface area contributed by atoms with Gasteiger partial charge in [0.15, 0.2) is 0 Å². The summed E-state index contributed by atoms with van der Waals surface area (Å²) in [5.41, 5.74) is 1.50. The molecule has 138 valence electrons. The molecule has 2 amide bonds. The third kappa shape index (κ3) is 3.75. The fraction of sp³-hybridized carbons (Fsp3) is 0.263. The van der Waals surface area contributed by atoms with Crippen molar-refractivity contribution in [2.45, 2.75) is 19.9 Å². The van der Waals surface area contributed by atoms with Crippen LogP contribution in [-0.2, 0) is 16.1 Å². The Kier molecular flexibility index (Phi) is 4.72. The molecule has 2 aromatic heterocycles. The van der Waals surface area contributed by atoms with E-state index < -0.39 is 0 Å². The van der Waals surface area contributed by atoms with Gasteiger partial charge in [0.05, 0.1) is 12.5 Å². The maximum absolute atomic E-state index is 12.5. The molecule has 1 fully saturated rings. The number of thiophene rings is 1. The summed E-state index contributed by atoms with van der Waals surface area (Å²) in [6.07, 6.45) is 0.210. The molecule has 0 spiro atoms. The highest BCUT2D eigenvalue weighted by molar-refractivity contribution is 7.09. The molecule has 1 saturated heterocycles. The minimum absolute atomic E-state index is 0.0623. The quantitative estimate of drug-likeness (QED) is 0.733. The summed E-state index contributed by atoms with van der Waals surface area (Å²) in [5, 5.41) is 8.80. The number of aromatic nitrogens is 2. The minimum Gasteiger partial charge on any atom is -0.351 e. The van der Waals surface area contributed by atoms with Crippen molar-refractivity contribution in [2.75, 3.05) is 11.4 Å². The molecule has 0 unspecified atom stereocenters. The second kappa shape index (κ2) is 7.32. The number of benzene rings is 1. The molecule has 0 radical (unpaired) electrons. The molecule has 1 atom stereocenters. The first-order chi connectivity index (χ1) is 13.1. The van der Waals surface area contributed by atoms with E-state index in [1.54, 1.807) is 23.2 Å². The fourth-order valence-corrected chi connectivity index (χ4v) is 3.74. The van der Waals surface area contributed by atoms with Gasteiger partial charge in [-0.25, -0.2) is 0 Å². The molecule has 27 heavy (non-hydrogen) atoms. The van der Waals surface area contributed by atoms with Gasteiger partial charge in [0.1, 0.15) is 0 Å². The van der Waals surface area contributed by atoms with E-state index >= 15 is 0 Å². The lowest BCUT2D eigenvalue weighted by atomic mass is 10.1. The van der Waals surface area contributed by atoms with Crippen LogP contribution in [0.15, 0.2) is 46.3 Å². The Hall–Kier alpha value is -3.00. The van der Waals surface area contributed by atoms with Crippen LogP contribution < -0.4 is 10.2 Å². The predicted molar refractivity (Wildman–Crippen MR) is 101 cm³/mol. The summed E-state index contributed by atoms with van der Waals surface area (Å²) in [6, 6.07) is 11.3. The van der Waals surface area contributed by atoms with Gasteiger partial charge in [0, 0.05) is 36.0 Å². The Balaban J connectivity index is 1.45. The van der Waals surface area contributed by atoms with E-state index in [-0.39, 0.29) is 24.2 Å². The summed E-state index contributed by atoms with van der Waals surface area (Å²) in [6.45, 7) is 2.58. The number of carbonyl (C=O) groups is 2. The number of aryl methyl sites for hydroxylation is 1. The first-order valence-corrected chi connectivity index (χ1v) is 9.49. The molecule has 1 aliphatic rings. The Labute approximate surface area is 160 Å². The lowest BCUT2D eigenvalue weighted by Crippen LogP contribution is -2.32. The lowest BCUT2D eigenvalue weighted by Gasteiger charge is -2.17. The average molecular weight is 382 g/mol. The maximum atomic E-state index is 12.5. The molecule has 7 nitrogen and oxygen atoms in total. The second-order valence-corrected chi connectivity index (χ2v) is 7.42. The standard InChI is InChI=1S/C19H18N4O3S/c1-12-21-18(22-26-12)13-4-2-5-15(8-13)23-11-14(9-17(23)24)19(25)20-10-16-6-3-7-27-16/h2-8,14H,9-11H2,1H3,(H,20,25)/t14-/m0/s1. The molecule has 3 aromatic rings. The van der Waals surface area contributed by atoms with Crippen molar-refractivity contribution < 1.29 is 14.1 Å². The van der Waals surface area contributed by atoms with Crippen molar-refractivity contribution in [1.82, 2.24) is 15.5 Å². The summed E-state index contributed by atoms with van der Waals surface area (Å²) >= 11 is 1.60. The molecule has 1 N–H and O–H groups in total. The van der Waals surface area contributed by atoms with Gasteiger partial charge in [-0.1, -0.05) is 23.4 Å². The summed E-state index contributed by atoms with van der Waals surface area (Å²) < 4.78 is 5.02. The van der Waals surface area contributed by atoms with Gasteiger partial charge >= 0.3 is 0 Å². The molecule has 1 aliphatic heterocycles. The third-order valence-corrected chi connectivity index (χ3v) is 5.33. The largest absolute Gasteiger partial charge is 0.351 e. The van der Waals surface area contributed by atoms with E-state index in [4.69, 9.17) is 4.52 Å². The van der Waals surface area contributed by atoms with Gasteiger partial charge in [0.2, 0.25) is 23.5 Å². The zero-order valence-corrected chi connectivity index (χ0v) is 15.5. The Bertz CT molecular complexity index is 967. The fourth-order valence-electron chi connectivity index (χ4n) is 3.09. The van der Waals surface area contributed by atoms with Crippen LogP contribution in [0.3, 0.4) is 0 Å². The van der Waals surface area contributed by atoms with Crippen molar-refractivity contribution in [3.63, 3.8) is 0 Å². The van der Waals surface area contributed by atoms with E-state index in [9.17, 15) is 9.59 Å². The van der Waals surface area contributed by atoms with Crippen molar-refractivity contribution in [3.8, 4) is 11.4 Å². The van der Waals surface area contributed by atoms with Gasteiger partial charge in [-0.15, -0.1) is 11.3 Å². The molecule has 1 aromatic carbocycles. The van der Waals surface area contributed by atoms with Crippen LogP contribution in [0.5, 0.6) is 0 Å². The monoisotopic (exact) mass is 382 g/mol. The predicted octanol–water partition coefficient (Wildman–Crippen LogP) is 2.78. The first-order valence-electron chi connectivity index (χ1n) is 8.61. The Morgan fingerprint density at radius 2 is 2.26 bits per heavy atom. The number of hydrogen-bond donors (Lipinski definition) is 1. The van der Waals surface area contributed by atoms with E-state index in [0.717, 1.165) is 16.1 Å². The number of nitrogens with one attached hydrogen (secondary N) is 1. The van der Waals surface area contributed by atoms with Crippen LogP contribution in [0.25, 0.3) is 11.4 Å². The molecule has 3 heterocycles. The number of anilines is 1. The third-order valence-electron chi connectivity index (χ3n) is 4.46. The van der Waals surface area contributed by atoms with E-state index in [0.29, 0.717) is 24.8 Å². The Morgan fingerprint density at radius 3 is 3.00 bits per heavy atom. The van der Waals surface area contributed by atoms with Crippen LogP contribution in [0.4, 0.5) is 5.69 Å². The topological polar surface area (TPSA) is 88.3 Å². The molecule has 4 rings (SSSR count). The second-order valence-electron chi connectivity index (χ2n) is 6.39. The van der Waals surface area contributed by atoms with Gasteiger partial charge < -0.3 is 14.7 Å². The molecular formula is C19H18N4O3S. The maximum Gasteiger partial charge on any atom is 0.227 e. The highest BCUT2D eigenvalue weighted by atomic mass is 32.1. The lowest BCUT2D eigenvalue weighted by molar-refractivity contribution is -0.126. The molecule has 0 saturated carbocycles. The summed E-state index contributed by atoms with van der Waals surface area (Å²) in [7, 11) is 0.